The molecule has 0 aliphatic carbocycles. The topological polar surface area (TPSA) is 85.1 Å². The van der Waals surface area contributed by atoms with Gasteiger partial charge in [-0.3, -0.25) is 4.79 Å². The zero-order valence-electron chi connectivity index (χ0n) is 13.7. The summed E-state index contributed by atoms with van der Waals surface area (Å²) < 4.78 is 14.4. The van der Waals surface area contributed by atoms with Crippen LogP contribution in [0.25, 0.3) is 0 Å². The number of benzene rings is 1. The first-order chi connectivity index (χ1) is 12.5. The van der Waals surface area contributed by atoms with Crippen molar-refractivity contribution in [2.24, 2.45) is 5.10 Å². The second kappa shape index (κ2) is 7.83. The van der Waals surface area contributed by atoms with E-state index in [9.17, 15) is 9.18 Å². The summed E-state index contributed by atoms with van der Waals surface area (Å²) in [7, 11) is 0. The molecule has 3 aromatic rings. The number of pyridine rings is 1. The van der Waals surface area contributed by atoms with Crippen LogP contribution < -0.4 is 5.43 Å². The van der Waals surface area contributed by atoms with Crippen LogP contribution in [0.1, 0.15) is 27.2 Å². The van der Waals surface area contributed by atoms with Crippen LogP contribution in [0.3, 0.4) is 0 Å². The van der Waals surface area contributed by atoms with Gasteiger partial charge in [0.25, 0.3) is 5.91 Å². The molecule has 1 aromatic carbocycles. The molecule has 2 heterocycles. The molecule has 0 aliphatic rings. The number of carbonyl (C=O) groups excluding carboxylic acids is 1. The van der Waals surface area contributed by atoms with E-state index in [1.807, 2.05) is 13.0 Å². The molecule has 2 aromatic heterocycles. The summed E-state index contributed by atoms with van der Waals surface area (Å²) in [6, 6.07) is 7.07. The Kier molecular flexibility index (Phi) is 5.33. The number of hydrazone groups is 1. The molecule has 0 radical (unpaired) electrons. The SMILES string of the molecule is Cc1cnc(Cl)c(Cn2cc(/C=N/NC(=O)c3ccc(F)cc3)nn2)c1. The van der Waals surface area contributed by atoms with Crippen LogP contribution in [-0.2, 0) is 6.54 Å². The minimum atomic E-state index is -0.453. The van der Waals surface area contributed by atoms with Gasteiger partial charge in [-0.15, -0.1) is 5.10 Å². The molecule has 9 heteroatoms. The van der Waals surface area contributed by atoms with Gasteiger partial charge < -0.3 is 0 Å². The fraction of sp³-hybridized carbons (Fsp3) is 0.118. The molecule has 0 spiro atoms. The summed E-state index contributed by atoms with van der Waals surface area (Å²) in [4.78, 5) is 15.9. The zero-order chi connectivity index (χ0) is 18.5. The third-order valence-electron chi connectivity index (χ3n) is 3.41. The van der Waals surface area contributed by atoms with Gasteiger partial charge in [-0.25, -0.2) is 19.5 Å². The van der Waals surface area contributed by atoms with Crippen LogP contribution in [0, 0.1) is 12.7 Å². The Labute approximate surface area is 153 Å². The van der Waals surface area contributed by atoms with Gasteiger partial charge in [0, 0.05) is 17.3 Å². The van der Waals surface area contributed by atoms with Crippen molar-refractivity contribution < 1.29 is 9.18 Å². The fourth-order valence-electron chi connectivity index (χ4n) is 2.17. The first kappa shape index (κ1) is 17.7. The van der Waals surface area contributed by atoms with Gasteiger partial charge in [0.1, 0.15) is 16.7 Å². The molecule has 0 saturated carbocycles. The molecule has 0 aliphatic heterocycles. The summed E-state index contributed by atoms with van der Waals surface area (Å²) in [6.45, 7) is 2.34. The van der Waals surface area contributed by atoms with Gasteiger partial charge in [0.05, 0.1) is 19.0 Å². The van der Waals surface area contributed by atoms with E-state index in [4.69, 9.17) is 11.6 Å². The molecule has 26 heavy (non-hydrogen) atoms. The molecule has 0 unspecified atom stereocenters. The van der Waals surface area contributed by atoms with E-state index in [0.717, 1.165) is 11.1 Å². The Hall–Kier alpha value is -3.13. The van der Waals surface area contributed by atoms with Gasteiger partial charge in [0.2, 0.25) is 0 Å². The van der Waals surface area contributed by atoms with Crippen LogP contribution >= 0.6 is 11.6 Å². The van der Waals surface area contributed by atoms with Gasteiger partial charge >= 0.3 is 0 Å². The molecule has 132 valence electrons. The minimum Gasteiger partial charge on any atom is -0.267 e. The molecule has 0 saturated heterocycles. The molecular weight excluding hydrogens is 359 g/mol. The largest absolute Gasteiger partial charge is 0.271 e. The molecule has 1 amide bonds. The number of hydrogen-bond acceptors (Lipinski definition) is 5. The lowest BCUT2D eigenvalue weighted by molar-refractivity contribution is 0.0955. The van der Waals surface area contributed by atoms with Crippen LogP contribution in [0.4, 0.5) is 4.39 Å². The van der Waals surface area contributed by atoms with Crippen molar-refractivity contribution in [3.63, 3.8) is 0 Å². The smallest absolute Gasteiger partial charge is 0.267 e. The minimum absolute atomic E-state index is 0.300. The maximum absolute atomic E-state index is 12.8. The van der Waals surface area contributed by atoms with Gasteiger partial charge in [-0.05, 0) is 42.8 Å². The third kappa shape index (κ3) is 4.48. The van der Waals surface area contributed by atoms with Crippen LogP contribution in [0.5, 0.6) is 0 Å². The lowest BCUT2D eigenvalue weighted by atomic mass is 10.2. The number of rotatable bonds is 5. The van der Waals surface area contributed by atoms with Crippen LogP contribution in [-0.4, -0.2) is 32.1 Å². The maximum atomic E-state index is 12.8. The number of nitrogens with zero attached hydrogens (tertiary/aromatic N) is 5. The highest BCUT2D eigenvalue weighted by atomic mass is 35.5. The van der Waals surface area contributed by atoms with Crippen molar-refractivity contribution in [2.45, 2.75) is 13.5 Å². The standard InChI is InChI=1S/C17H14ClFN6O/c1-11-6-13(16(18)20-7-11)9-25-10-15(22-24-25)8-21-23-17(26)12-2-4-14(19)5-3-12/h2-8,10H,9H2,1H3,(H,23,26)/b21-8+. The summed E-state index contributed by atoms with van der Waals surface area (Å²) in [5.74, 6) is -0.864. The number of carbonyl (C=O) groups is 1. The van der Waals surface area contributed by atoms with Gasteiger partial charge in [-0.1, -0.05) is 16.8 Å². The molecule has 7 nitrogen and oxygen atoms in total. The predicted octanol–water partition coefficient (Wildman–Crippen LogP) is 2.59. The number of aryl methyl sites for hydroxylation is 1. The first-order valence-corrected chi connectivity index (χ1v) is 7.99. The predicted molar refractivity (Wildman–Crippen MR) is 94.6 cm³/mol. The second-order valence-corrected chi connectivity index (χ2v) is 5.87. The van der Waals surface area contributed by atoms with E-state index in [1.54, 1.807) is 17.1 Å². The zero-order valence-corrected chi connectivity index (χ0v) is 14.5. The Morgan fingerprint density at radius 3 is 2.92 bits per heavy atom. The highest BCUT2D eigenvalue weighted by Crippen LogP contribution is 2.15. The number of aromatic nitrogens is 4. The van der Waals surface area contributed by atoms with Gasteiger partial charge in [0.15, 0.2) is 0 Å². The molecule has 1 N–H and O–H groups in total. The molecular formula is C17H14ClFN6O. The lowest BCUT2D eigenvalue weighted by Crippen LogP contribution is -2.17. The van der Waals surface area contributed by atoms with E-state index in [-0.39, 0.29) is 0 Å². The summed E-state index contributed by atoms with van der Waals surface area (Å²) in [5.41, 5.74) is 4.92. The number of hydrogen-bond donors (Lipinski definition) is 1. The van der Waals surface area contributed by atoms with E-state index in [0.29, 0.717) is 23.0 Å². The Balaban J connectivity index is 1.61. The van der Waals surface area contributed by atoms with Crippen molar-refractivity contribution in [2.75, 3.05) is 0 Å². The number of halogens is 2. The quantitative estimate of drug-likeness (QED) is 0.424. The van der Waals surface area contributed by atoms with Crippen molar-refractivity contribution in [1.29, 1.82) is 0 Å². The van der Waals surface area contributed by atoms with E-state index in [1.165, 1.54) is 30.5 Å². The molecule has 0 bridgehead atoms. The van der Waals surface area contributed by atoms with E-state index >= 15 is 0 Å². The Bertz CT molecular complexity index is 954. The third-order valence-corrected chi connectivity index (χ3v) is 3.75. The van der Waals surface area contributed by atoms with Crippen molar-refractivity contribution in [3.8, 4) is 0 Å². The van der Waals surface area contributed by atoms with E-state index in [2.05, 4.69) is 25.8 Å². The maximum Gasteiger partial charge on any atom is 0.271 e. The number of nitrogens with one attached hydrogen (secondary N) is 1. The highest BCUT2D eigenvalue weighted by Gasteiger charge is 2.06. The van der Waals surface area contributed by atoms with Gasteiger partial charge in [-0.2, -0.15) is 5.10 Å². The fourth-order valence-corrected chi connectivity index (χ4v) is 2.33. The summed E-state index contributed by atoms with van der Waals surface area (Å²) >= 11 is 6.07. The summed E-state index contributed by atoms with van der Waals surface area (Å²) in [5, 5.41) is 12.2. The highest BCUT2D eigenvalue weighted by molar-refractivity contribution is 6.30. The number of amides is 1. The van der Waals surface area contributed by atoms with Crippen molar-refractivity contribution in [1.82, 2.24) is 25.4 Å². The normalized spacial score (nSPS) is 11.0. The molecule has 0 atom stereocenters. The monoisotopic (exact) mass is 372 g/mol. The average molecular weight is 373 g/mol. The second-order valence-electron chi connectivity index (χ2n) is 5.51. The van der Waals surface area contributed by atoms with E-state index < -0.39 is 11.7 Å². The first-order valence-electron chi connectivity index (χ1n) is 7.61. The van der Waals surface area contributed by atoms with Crippen LogP contribution in [0.2, 0.25) is 5.15 Å². The van der Waals surface area contributed by atoms with Crippen molar-refractivity contribution >= 4 is 23.7 Å². The average Bonchev–Trinajstić information content (AvgIpc) is 3.06. The molecule has 0 fully saturated rings. The Morgan fingerprint density at radius 1 is 1.38 bits per heavy atom. The summed E-state index contributed by atoms with van der Waals surface area (Å²) in [6.07, 6.45) is 4.71. The molecule has 3 rings (SSSR count). The lowest BCUT2D eigenvalue weighted by Gasteiger charge is -2.03. The Morgan fingerprint density at radius 2 is 2.15 bits per heavy atom. The van der Waals surface area contributed by atoms with Crippen LogP contribution in [0.15, 0.2) is 47.8 Å². The van der Waals surface area contributed by atoms with Crippen molar-refractivity contribution in [3.05, 3.63) is 76.1 Å².